The number of nitrogens with zero attached hydrogens (tertiary/aromatic N) is 2. The summed E-state index contributed by atoms with van der Waals surface area (Å²) >= 11 is 0. The van der Waals surface area contributed by atoms with Gasteiger partial charge in [0.2, 0.25) is 5.91 Å². The minimum absolute atomic E-state index is 0.0505. The molecule has 0 aromatic carbocycles. The van der Waals surface area contributed by atoms with E-state index in [9.17, 15) is 24.0 Å². The molecule has 4 rings (SSSR count). The van der Waals surface area contributed by atoms with Gasteiger partial charge in [0.1, 0.15) is 5.54 Å². The third-order valence-corrected chi connectivity index (χ3v) is 6.71. The number of urea groups is 1. The molecule has 0 unspecified atom stereocenters. The molecule has 4 fully saturated rings. The molecule has 0 aromatic rings. The highest BCUT2D eigenvalue weighted by Gasteiger charge is 2.52. The quantitative estimate of drug-likeness (QED) is 0.496. The van der Waals surface area contributed by atoms with Crippen molar-refractivity contribution in [3.8, 4) is 0 Å². The monoisotopic (exact) mass is 420 g/mol. The van der Waals surface area contributed by atoms with E-state index in [1.165, 1.54) is 0 Å². The van der Waals surface area contributed by atoms with Crippen LogP contribution in [0.3, 0.4) is 0 Å². The van der Waals surface area contributed by atoms with Crippen LogP contribution in [0.4, 0.5) is 4.79 Å². The average molecular weight is 420 g/mol. The van der Waals surface area contributed by atoms with Gasteiger partial charge >= 0.3 is 12.0 Å². The summed E-state index contributed by atoms with van der Waals surface area (Å²) in [6.45, 7) is -0.295. The molecular formula is C20H28N4O6. The zero-order chi connectivity index (χ0) is 21.3. The van der Waals surface area contributed by atoms with Gasteiger partial charge in [-0.1, -0.05) is 32.1 Å². The molecule has 1 spiro atoms. The van der Waals surface area contributed by atoms with Crippen LogP contribution in [-0.4, -0.2) is 64.4 Å². The third-order valence-electron chi connectivity index (χ3n) is 6.71. The molecular weight excluding hydrogens is 392 g/mol. The molecule has 0 bridgehead atoms. The zero-order valence-corrected chi connectivity index (χ0v) is 17.0. The van der Waals surface area contributed by atoms with Gasteiger partial charge in [-0.15, -0.1) is 0 Å². The van der Waals surface area contributed by atoms with E-state index in [1.807, 2.05) is 0 Å². The molecule has 0 aromatic heterocycles. The van der Waals surface area contributed by atoms with Crippen molar-refractivity contribution in [2.75, 3.05) is 13.2 Å². The van der Waals surface area contributed by atoms with E-state index in [-0.39, 0.29) is 18.4 Å². The second kappa shape index (κ2) is 8.23. The highest BCUT2D eigenvalue weighted by Crippen LogP contribution is 2.33. The molecule has 164 valence electrons. The Bertz CT molecular complexity index is 756. The van der Waals surface area contributed by atoms with Crippen molar-refractivity contribution in [2.24, 2.45) is 5.92 Å². The Kier molecular flexibility index (Phi) is 5.66. The van der Waals surface area contributed by atoms with Gasteiger partial charge in [-0.25, -0.2) is 4.79 Å². The summed E-state index contributed by atoms with van der Waals surface area (Å²) in [5.41, 5.74) is 1.30. The zero-order valence-electron chi connectivity index (χ0n) is 17.0. The second-order valence-corrected chi connectivity index (χ2v) is 8.74. The van der Waals surface area contributed by atoms with Crippen LogP contribution in [0.1, 0.15) is 64.2 Å². The minimum Gasteiger partial charge on any atom is -0.455 e. The van der Waals surface area contributed by atoms with Crippen molar-refractivity contribution in [2.45, 2.75) is 75.8 Å². The summed E-state index contributed by atoms with van der Waals surface area (Å²) in [5, 5.41) is 3.38. The number of nitrogens with one attached hydrogen (secondary N) is 2. The van der Waals surface area contributed by atoms with Gasteiger partial charge < -0.3 is 15.0 Å². The molecule has 2 saturated carbocycles. The fourth-order valence-electron chi connectivity index (χ4n) is 5.09. The van der Waals surface area contributed by atoms with E-state index in [4.69, 9.17) is 4.74 Å². The van der Waals surface area contributed by atoms with Gasteiger partial charge in [-0.05, 0) is 25.7 Å². The first-order valence-corrected chi connectivity index (χ1v) is 10.8. The lowest BCUT2D eigenvalue weighted by molar-refractivity contribution is -0.154. The molecule has 0 radical (unpaired) electrons. The largest absolute Gasteiger partial charge is 0.455 e. The lowest BCUT2D eigenvalue weighted by Crippen LogP contribution is -2.51. The lowest BCUT2D eigenvalue weighted by Gasteiger charge is -2.30. The first kappa shape index (κ1) is 20.6. The lowest BCUT2D eigenvalue weighted by atomic mass is 9.82. The molecule has 30 heavy (non-hydrogen) atoms. The number of carbonyl (C=O) groups excluding carboxylic acids is 5. The van der Waals surface area contributed by atoms with E-state index >= 15 is 0 Å². The molecule has 2 heterocycles. The van der Waals surface area contributed by atoms with Crippen molar-refractivity contribution in [1.29, 1.82) is 0 Å². The maximum Gasteiger partial charge on any atom is 0.344 e. The number of imide groups is 1. The van der Waals surface area contributed by atoms with E-state index in [0.29, 0.717) is 24.4 Å². The van der Waals surface area contributed by atoms with Gasteiger partial charge in [-0.2, -0.15) is 5.01 Å². The maximum absolute atomic E-state index is 12.7. The second-order valence-electron chi connectivity index (χ2n) is 8.74. The summed E-state index contributed by atoms with van der Waals surface area (Å²) < 4.78 is 5.07. The van der Waals surface area contributed by atoms with Crippen LogP contribution >= 0.6 is 0 Å². The highest BCUT2D eigenvalue weighted by molar-refractivity contribution is 6.08. The summed E-state index contributed by atoms with van der Waals surface area (Å²) in [7, 11) is 0. The highest BCUT2D eigenvalue weighted by atomic mass is 16.5. The average Bonchev–Trinajstić information content (AvgIpc) is 3.43. The van der Waals surface area contributed by atoms with Gasteiger partial charge in [0.15, 0.2) is 6.61 Å². The Morgan fingerprint density at radius 2 is 1.77 bits per heavy atom. The van der Waals surface area contributed by atoms with Crippen LogP contribution in [0.2, 0.25) is 0 Å². The van der Waals surface area contributed by atoms with E-state index in [0.717, 1.165) is 44.9 Å². The molecule has 2 aliphatic heterocycles. The first-order valence-electron chi connectivity index (χ1n) is 10.8. The van der Waals surface area contributed by atoms with Crippen molar-refractivity contribution >= 4 is 29.7 Å². The van der Waals surface area contributed by atoms with Crippen molar-refractivity contribution < 1.29 is 28.7 Å². The van der Waals surface area contributed by atoms with Crippen LogP contribution in [-0.2, 0) is 23.9 Å². The normalized spacial score (nSPS) is 26.4. The number of hydrogen-bond acceptors (Lipinski definition) is 6. The molecule has 2 aliphatic carbocycles. The van der Waals surface area contributed by atoms with Gasteiger partial charge in [0, 0.05) is 19.0 Å². The number of ether oxygens (including phenoxy) is 1. The van der Waals surface area contributed by atoms with Gasteiger partial charge in [0.05, 0.1) is 5.92 Å². The minimum atomic E-state index is -0.937. The van der Waals surface area contributed by atoms with E-state index < -0.39 is 41.9 Å². The standard InChI is InChI=1S/C20H28N4O6/c25-15(22-24-18(28)20(21-19(24)29)8-4-1-5-9-20)12-30-17(27)13-10-16(26)23(11-13)14-6-2-3-7-14/h13-14H,1-12H2,(H,21,29)(H,22,25)/t13-/m1/s1. The number of carbonyl (C=O) groups is 5. The summed E-state index contributed by atoms with van der Waals surface area (Å²) in [4.78, 5) is 63.3. The number of rotatable bonds is 5. The fourth-order valence-corrected chi connectivity index (χ4v) is 5.09. The number of hydrazine groups is 1. The van der Waals surface area contributed by atoms with Crippen molar-refractivity contribution in [1.82, 2.24) is 20.7 Å². The molecule has 2 N–H and O–H groups in total. The SMILES string of the molecule is O=C(COC(=O)[C@@H]1CC(=O)N(C2CCCC2)C1)NN1C(=O)NC2(CCCCC2)C1=O. The molecule has 4 aliphatic rings. The van der Waals surface area contributed by atoms with Gasteiger partial charge in [-0.3, -0.25) is 24.6 Å². The molecule has 2 saturated heterocycles. The van der Waals surface area contributed by atoms with Crippen molar-refractivity contribution in [3.63, 3.8) is 0 Å². The topological polar surface area (TPSA) is 125 Å². The first-order chi connectivity index (χ1) is 14.4. The Morgan fingerprint density at radius 1 is 1.07 bits per heavy atom. The van der Waals surface area contributed by atoms with Crippen LogP contribution in [0.25, 0.3) is 0 Å². The molecule has 5 amide bonds. The molecule has 10 nitrogen and oxygen atoms in total. The Morgan fingerprint density at radius 3 is 2.47 bits per heavy atom. The summed E-state index contributed by atoms with van der Waals surface area (Å²) in [5.74, 6) is -2.49. The fraction of sp³-hybridized carbons (Fsp3) is 0.750. The Hall–Kier alpha value is -2.65. The molecule has 10 heteroatoms. The maximum atomic E-state index is 12.7. The van der Waals surface area contributed by atoms with Crippen LogP contribution in [0.5, 0.6) is 0 Å². The predicted molar refractivity (Wildman–Crippen MR) is 102 cm³/mol. The smallest absolute Gasteiger partial charge is 0.344 e. The number of esters is 1. The number of likely N-dealkylation sites (tertiary alicyclic amines) is 1. The van der Waals surface area contributed by atoms with E-state index in [1.54, 1.807) is 4.90 Å². The summed E-state index contributed by atoms with van der Waals surface area (Å²) in [6, 6.07) is -0.472. The predicted octanol–water partition coefficient (Wildman–Crippen LogP) is 0.607. The molecule has 1 atom stereocenters. The summed E-state index contributed by atoms with van der Waals surface area (Å²) in [6.07, 6.45) is 7.97. The number of hydrogen-bond donors (Lipinski definition) is 2. The van der Waals surface area contributed by atoms with Crippen LogP contribution in [0.15, 0.2) is 0 Å². The van der Waals surface area contributed by atoms with Crippen LogP contribution in [0, 0.1) is 5.92 Å². The van der Waals surface area contributed by atoms with Crippen LogP contribution < -0.4 is 10.7 Å². The Balaban J connectivity index is 1.26. The van der Waals surface area contributed by atoms with Crippen molar-refractivity contribution in [3.05, 3.63) is 0 Å². The van der Waals surface area contributed by atoms with E-state index in [2.05, 4.69) is 10.7 Å². The van der Waals surface area contributed by atoms with Gasteiger partial charge in [0.25, 0.3) is 11.8 Å². The number of amides is 5. The third kappa shape index (κ3) is 3.87. The Labute approximate surface area is 174 Å².